The minimum atomic E-state index is -0.319. The lowest BCUT2D eigenvalue weighted by Gasteiger charge is -2.26. The third-order valence-corrected chi connectivity index (χ3v) is 5.70. The molecule has 0 radical (unpaired) electrons. The number of amides is 1. The number of carbonyl (C=O) groups excluding carboxylic acids is 1. The summed E-state index contributed by atoms with van der Waals surface area (Å²) in [5, 5.41) is 7.47. The smallest absolute Gasteiger partial charge is 0.352 e. The van der Waals surface area contributed by atoms with E-state index >= 15 is 0 Å². The second kappa shape index (κ2) is 7.86. The van der Waals surface area contributed by atoms with E-state index in [1.54, 1.807) is 4.57 Å². The van der Waals surface area contributed by atoms with Gasteiger partial charge in [-0.15, -0.1) is 5.10 Å². The van der Waals surface area contributed by atoms with Gasteiger partial charge in [-0.05, 0) is 37.5 Å². The molecule has 1 N–H and O–H groups in total. The van der Waals surface area contributed by atoms with E-state index in [1.165, 1.54) is 10.2 Å². The number of benzene rings is 2. The lowest BCUT2D eigenvalue weighted by molar-refractivity contribution is -0.122. The van der Waals surface area contributed by atoms with E-state index in [4.69, 9.17) is 0 Å². The fourth-order valence-electron chi connectivity index (χ4n) is 4.17. The summed E-state index contributed by atoms with van der Waals surface area (Å²) >= 11 is 0. The number of aromatic nitrogens is 3. The minimum absolute atomic E-state index is 0.00121. The number of aryl methyl sites for hydroxylation is 1. The summed E-state index contributed by atoms with van der Waals surface area (Å²) in [5.74, 6) is 1.13. The fraction of sp³-hybridized carbons (Fsp3) is 0.304. The van der Waals surface area contributed by atoms with Gasteiger partial charge in [0.1, 0.15) is 12.4 Å². The Balaban J connectivity index is 1.32. The van der Waals surface area contributed by atoms with Gasteiger partial charge in [-0.1, -0.05) is 42.5 Å². The maximum atomic E-state index is 13.1. The average Bonchev–Trinajstić information content (AvgIpc) is 3.39. The van der Waals surface area contributed by atoms with Crippen molar-refractivity contribution in [3.8, 4) is 5.69 Å². The van der Waals surface area contributed by atoms with Crippen LogP contribution in [0.3, 0.4) is 0 Å². The molecule has 3 heterocycles. The van der Waals surface area contributed by atoms with Crippen LogP contribution in [-0.2, 0) is 17.8 Å². The quantitative estimate of drug-likeness (QED) is 0.664. The van der Waals surface area contributed by atoms with Gasteiger partial charge in [0.2, 0.25) is 11.9 Å². The molecule has 2 aromatic carbocycles. The van der Waals surface area contributed by atoms with Crippen LogP contribution in [0.5, 0.6) is 0 Å². The van der Waals surface area contributed by atoms with Crippen LogP contribution >= 0.6 is 0 Å². The maximum absolute atomic E-state index is 13.1. The van der Waals surface area contributed by atoms with Gasteiger partial charge in [0.15, 0.2) is 0 Å². The highest BCUT2D eigenvalue weighted by Crippen LogP contribution is 2.29. The van der Waals surface area contributed by atoms with E-state index in [1.807, 2.05) is 54.3 Å². The zero-order valence-electron chi connectivity index (χ0n) is 17.4. The molecule has 2 aliphatic rings. The van der Waals surface area contributed by atoms with Crippen molar-refractivity contribution >= 4 is 17.7 Å². The van der Waals surface area contributed by atoms with Gasteiger partial charge in [-0.3, -0.25) is 14.7 Å². The standard InChI is InChI=1S/C23H24N6O2/c1-16(11-12-17-7-3-2-4-8-17)25-20(30)15-28-23(31)29-19-10-6-5-9-18(19)21-24-13-14-27(21)22(29)26-28/h2-10,16H,11-15H2,1H3,(H,25,30)/t16-/m0/s1. The molecule has 8 heteroatoms. The van der Waals surface area contributed by atoms with Gasteiger partial charge >= 0.3 is 5.69 Å². The Labute approximate surface area is 179 Å². The first-order chi connectivity index (χ1) is 15.1. The molecule has 0 saturated carbocycles. The predicted molar refractivity (Wildman–Crippen MR) is 119 cm³/mol. The fourth-order valence-corrected chi connectivity index (χ4v) is 4.17. The highest BCUT2D eigenvalue weighted by molar-refractivity contribution is 6.14. The molecule has 5 rings (SSSR count). The van der Waals surface area contributed by atoms with Crippen LogP contribution in [0.15, 0.2) is 64.4 Å². The van der Waals surface area contributed by atoms with Gasteiger partial charge in [0.05, 0.1) is 12.2 Å². The molecule has 3 aromatic rings. The number of amidine groups is 1. The SMILES string of the molecule is C[C@@H](CCc1ccccc1)NC(=O)Cn1nc2n(c1=O)-c1ccccc1C1=NCCN12. The van der Waals surface area contributed by atoms with Gasteiger partial charge in [0, 0.05) is 18.2 Å². The first-order valence-electron chi connectivity index (χ1n) is 10.6. The van der Waals surface area contributed by atoms with Crippen LogP contribution in [0.4, 0.5) is 5.95 Å². The van der Waals surface area contributed by atoms with Crippen molar-refractivity contribution in [3.05, 3.63) is 76.2 Å². The number of hydrogen-bond acceptors (Lipinski definition) is 5. The number of nitrogens with zero attached hydrogens (tertiary/aromatic N) is 5. The molecular weight excluding hydrogens is 392 g/mol. The van der Waals surface area contributed by atoms with Crippen molar-refractivity contribution in [3.63, 3.8) is 0 Å². The van der Waals surface area contributed by atoms with E-state index in [2.05, 4.69) is 27.5 Å². The summed E-state index contributed by atoms with van der Waals surface area (Å²) in [5.41, 5.74) is 2.58. The molecule has 8 nitrogen and oxygen atoms in total. The van der Waals surface area contributed by atoms with Gasteiger partial charge < -0.3 is 5.32 Å². The Morgan fingerprint density at radius 3 is 2.74 bits per heavy atom. The number of rotatable bonds is 6. The lowest BCUT2D eigenvalue weighted by Crippen LogP contribution is -2.39. The second-order valence-corrected chi connectivity index (χ2v) is 7.94. The molecule has 0 spiro atoms. The molecule has 0 unspecified atom stereocenters. The van der Waals surface area contributed by atoms with Crippen molar-refractivity contribution in [1.29, 1.82) is 0 Å². The number of para-hydroxylation sites is 1. The molecule has 0 bridgehead atoms. The predicted octanol–water partition coefficient (Wildman–Crippen LogP) is 1.75. The maximum Gasteiger partial charge on any atom is 0.352 e. The number of fused-ring (bicyclic) bond motifs is 6. The monoisotopic (exact) mass is 416 g/mol. The number of aliphatic imine (C=N–C) groups is 1. The molecule has 31 heavy (non-hydrogen) atoms. The lowest BCUT2D eigenvalue weighted by atomic mass is 10.1. The van der Waals surface area contributed by atoms with Crippen molar-refractivity contribution < 1.29 is 4.79 Å². The summed E-state index contributed by atoms with van der Waals surface area (Å²) in [6, 6.07) is 17.8. The topological polar surface area (TPSA) is 84.5 Å². The Hall–Kier alpha value is -3.68. The van der Waals surface area contributed by atoms with Crippen molar-refractivity contribution in [1.82, 2.24) is 19.7 Å². The van der Waals surface area contributed by atoms with Gasteiger partial charge in [0.25, 0.3) is 0 Å². The first-order valence-corrected chi connectivity index (χ1v) is 10.6. The third-order valence-electron chi connectivity index (χ3n) is 5.70. The zero-order valence-corrected chi connectivity index (χ0v) is 17.4. The normalized spacial score (nSPS) is 15.0. The van der Waals surface area contributed by atoms with E-state index in [9.17, 15) is 9.59 Å². The molecule has 1 atom stereocenters. The van der Waals surface area contributed by atoms with Crippen LogP contribution in [0.25, 0.3) is 5.69 Å². The molecule has 1 amide bonds. The molecule has 0 aliphatic carbocycles. The number of hydrogen-bond donors (Lipinski definition) is 1. The molecule has 158 valence electrons. The van der Waals surface area contributed by atoms with E-state index < -0.39 is 0 Å². The molecule has 0 saturated heterocycles. The summed E-state index contributed by atoms with van der Waals surface area (Å²) in [6.07, 6.45) is 1.71. The van der Waals surface area contributed by atoms with Crippen LogP contribution in [0, 0.1) is 0 Å². The molecule has 1 aromatic heterocycles. The van der Waals surface area contributed by atoms with Crippen molar-refractivity contribution in [2.75, 3.05) is 18.0 Å². The largest absolute Gasteiger partial charge is 0.352 e. The van der Waals surface area contributed by atoms with Gasteiger partial charge in [-0.2, -0.15) is 0 Å². The molecular formula is C23H24N6O2. The Kier molecular flexibility index (Phi) is 4.89. The molecule has 0 fully saturated rings. The van der Waals surface area contributed by atoms with Crippen LogP contribution in [-0.4, -0.2) is 45.2 Å². The summed E-state index contributed by atoms with van der Waals surface area (Å²) in [4.78, 5) is 32.3. The van der Waals surface area contributed by atoms with E-state index in [0.29, 0.717) is 19.0 Å². The Bertz CT molecular complexity index is 1210. The highest BCUT2D eigenvalue weighted by Gasteiger charge is 2.34. The Morgan fingerprint density at radius 1 is 1.13 bits per heavy atom. The molecule has 2 aliphatic heterocycles. The number of nitrogens with one attached hydrogen (secondary N) is 1. The minimum Gasteiger partial charge on any atom is -0.352 e. The summed E-state index contributed by atoms with van der Waals surface area (Å²) in [6.45, 7) is 3.19. The third kappa shape index (κ3) is 3.54. The van der Waals surface area contributed by atoms with E-state index in [-0.39, 0.29) is 24.2 Å². The highest BCUT2D eigenvalue weighted by atomic mass is 16.2. The van der Waals surface area contributed by atoms with Gasteiger partial charge in [-0.25, -0.2) is 14.0 Å². The number of anilines is 1. The van der Waals surface area contributed by atoms with Crippen molar-refractivity contribution in [2.45, 2.75) is 32.4 Å². The zero-order chi connectivity index (χ0) is 21.4. The summed E-state index contributed by atoms with van der Waals surface area (Å²) in [7, 11) is 0. The second-order valence-electron chi connectivity index (χ2n) is 7.94. The van der Waals surface area contributed by atoms with Crippen LogP contribution < -0.4 is 15.9 Å². The first kappa shape index (κ1) is 19.3. The summed E-state index contributed by atoms with van der Waals surface area (Å²) < 4.78 is 2.82. The Morgan fingerprint density at radius 2 is 1.90 bits per heavy atom. The van der Waals surface area contributed by atoms with Crippen LogP contribution in [0.2, 0.25) is 0 Å². The van der Waals surface area contributed by atoms with E-state index in [0.717, 1.165) is 29.9 Å². The van der Waals surface area contributed by atoms with Crippen LogP contribution in [0.1, 0.15) is 24.5 Å². The number of carbonyl (C=O) groups is 1. The average molecular weight is 416 g/mol. The van der Waals surface area contributed by atoms with Crippen molar-refractivity contribution in [2.24, 2.45) is 4.99 Å².